The average Bonchev–Trinajstić information content (AvgIpc) is 2.41. The van der Waals surface area contributed by atoms with Crippen molar-refractivity contribution in [2.75, 3.05) is 21.3 Å². The summed E-state index contributed by atoms with van der Waals surface area (Å²) < 4.78 is 23.8. The van der Waals surface area contributed by atoms with E-state index in [1.807, 2.05) is 7.05 Å². The Hall–Kier alpha value is -1.13. The molecule has 19 heavy (non-hydrogen) atoms. The lowest BCUT2D eigenvalue weighted by Crippen LogP contribution is -2.26. The van der Waals surface area contributed by atoms with Crippen molar-refractivity contribution >= 4 is 0 Å². The lowest BCUT2D eigenvalue weighted by atomic mass is 9.95. The van der Waals surface area contributed by atoms with Crippen molar-refractivity contribution in [2.45, 2.75) is 38.3 Å². The van der Waals surface area contributed by atoms with Gasteiger partial charge in [0.05, 0.1) is 12.7 Å². The van der Waals surface area contributed by atoms with Crippen molar-refractivity contribution in [1.29, 1.82) is 0 Å². The zero-order chi connectivity index (χ0) is 14.5. The molecule has 1 atom stereocenters. The van der Waals surface area contributed by atoms with Gasteiger partial charge in [0.15, 0.2) is 11.6 Å². The number of rotatable bonds is 7. The van der Waals surface area contributed by atoms with E-state index in [0.29, 0.717) is 0 Å². The van der Waals surface area contributed by atoms with E-state index in [2.05, 4.69) is 19.2 Å². The van der Waals surface area contributed by atoms with Gasteiger partial charge in [-0.05, 0) is 51.4 Å². The van der Waals surface area contributed by atoms with Gasteiger partial charge < -0.3 is 14.8 Å². The third kappa shape index (κ3) is 4.48. The fourth-order valence-corrected chi connectivity index (χ4v) is 1.96. The molecule has 1 aromatic carbocycles. The molecule has 0 heterocycles. The standard InChI is InChI=1S/C15H24FNO2/c1-15(2,19-5)9-8-13(17-3)11-6-7-12(16)14(10-11)18-4/h6-7,10,13,17H,8-9H2,1-5H3. The first-order valence-corrected chi connectivity index (χ1v) is 6.49. The fourth-order valence-electron chi connectivity index (χ4n) is 1.96. The SMILES string of the molecule is CNC(CCC(C)(C)OC)c1ccc(F)c(OC)c1. The molecule has 0 aromatic heterocycles. The molecule has 108 valence electrons. The molecule has 0 saturated carbocycles. The molecule has 0 fully saturated rings. The predicted octanol–water partition coefficient (Wildman–Crippen LogP) is 3.30. The van der Waals surface area contributed by atoms with Crippen molar-refractivity contribution in [2.24, 2.45) is 0 Å². The maximum absolute atomic E-state index is 13.4. The number of benzene rings is 1. The quantitative estimate of drug-likeness (QED) is 0.824. The van der Waals surface area contributed by atoms with Gasteiger partial charge >= 0.3 is 0 Å². The number of ether oxygens (including phenoxy) is 2. The summed E-state index contributed by atoms with van der Waals surface area (Å²) in [5, 5.41) is 3.25. The van der Waals surface area contributed by atoms with Gasteiger partial charge in [-0.2, -0.15) is 0 Å². The number of nitrogens with one attached hydrogen (secondary N) is 1. The molecule has 0 bridgehead atoms. The predicted molar refractivity (Wildman–Crippen MR) is 75.1 cm³/mol. The van der Waals surface area contributed by atoms with Crippen LogP contribution in [0, 0.1) is 5.82 Å². The van der Waals surface area contributed by atoms with E-state index >= 15 is 0 Å². The number of methoxy groups -OCH3 is 2. The highest BCUT2D eigenvalue weighted by Crippen LogP contribution is 2.27. The van der Waals surface area contributed by atoms with Crippen LogP contribution in [0.1, 0.15) is 38.3 Å². The Bertz CT molecular complexity index is 407. The first-order valence-electron chi connectivity index (χ1n) is 6.49. The zero-order valence-electron chi connectivity index (χ0n) is 12.4. The van der Waals surface area contributed by atoms with Gasteiger partial charge in [0.1, 0.15) is 0 Å². The molecule has 0 aliphatic heterocycles. The summed E-state index contributed by atoms with van der Waals surface area (Å²) in [6.45, 7) is 4.12. The lowest BCUT2D eigenvalue weighted by Gasteiger charge is -2.26. The Morgan fingerprint density at radius 2 is 2.00 bits per heavy atom. The van der Waals surface area contributed by atoms with Crippen LogP contribution in [0.15, 0.2) is 18.2 Å². The van der Waals surface area contributed by atoms with Gasteiger partial charge in [-0.15, -0.1) is 0 Å². The topological polar surface area (TPSA) is 30.5 Å². The van der Waals surface area contributed by atoms with Gasteiger partial charge in [0.25, 0.3) is 0 Å². The molecule has 0 saturated heterocycles. The van der Waals surface area contributed by atoms with Gasteiger partial charge in [0, 0.05) is 13.2 Å². The van der Waals surface area contributed by atoms with Crippen LogP contribution < -0.4 is 10.1 Å². The average molecular weight is 269 g/mol. The zero-order valence-corrected chi connectivity index (χ0v) is 12.4. The molecule has 1 unspecified atom stereocenters. The highest BCUT2D eigenvalue weighted by molar-refractivity contribution is 5.32. The highest BCUT2D eigenvalue weighted by Gasteiger charge is 2.20. The second-order valence-electron chi connectivity index (χ2n) is 5.24. The monoisotopic (exact) mass is 269 g/mol. The molecule has 0 radical (unpaired) electrons. The van der Waals surface area contributed by atoms with Crippen LogP contribution in [-0.4, -0.2) is 26.9 Å². The van der Waals surface area contributed by atoms with E-state index in [1.54, 1.807) is 19.2 Å². The minimum absolute atomic E-state index is 0.154. The van der Waals surface area contributed by atoms with E-state index in [9.17, 15) is 4.39 Å². The molecule has 0 spiro atoms. The van der Waals surface area contributed by atoms with Gasteiger partial charge in [-0.25, -0.2) is 4.39 Å². The van der Waals surface area contributed by atoms with Gasteiger partial charge in [-0.1, -0.05) is 6.07 Å². The number of halogens is 1. The first-order chi connectivity index (χ1) is 8.93. The molecule has 0 aliphatic carbocycles. The molecule has 3 nitrogen and oxygen atoms in total. The Morgan fingerprint density at radius 3 is 2.53 bits per heavy atom. The van der Waals surface area contributed by atoms with Crippen molar-refractivity contribution < 1.29 is 13.9 Å². The normalized spacial score (nSPS) is 13.4. The number of hydrogen-bond donors (Lipinski definition) is 1. The Labute approximate surface area is 115 Å². The molecule has 1 N–H and O–H groups in total. The minimum Gasteiger partial charge on any atom is -0.494 e. The van der Waals surface area contributed by atoms with Crippen molar-refractivity contribution in [3.8, 4) is 5.75 Å². The Balaban J connectivity index is 2.80. The van der Waals surface area contributed by atoms with E-state index in [0.717, 1.165) is 18.4 Å². The van der Waals surface area contributed by atoms with E-state index < -0.39 is 0 Å². The van der Waals surface area contributed by atoms with Crippen LogP contribution in [0.25, 0.3) is 0 Å². The van der Waals surface area contributed by atoms with Crippen LogP contribution in [0.5, 0.6) is 5.75 Å². The van der Waals surface area contributed by atoms with Gasteiger partial charge in [-0.3, -0.25) is 0 Å². The highest BCUT2D eigenvalue weighted by atomic mass is 19.1. The maximum Gasteiger partial charge on any atom is 0.165 e. The molecule has 0 amide bonds. The number of hydrogen-bond acceptors (Lipinski definition) is 3. The summed E-state index contributed by atoms with van der Waals surface area (Å²) in [6, 6.07) is 5.14. The summed E-state index contributed by atoms with van der Waals surface area (Å²) in [4.78, 5) is 0. The third-order valence-corrected chi connectivity index (χ3v) is 3.51. The Kier molecular flexibility index (Phi) is 5.76. The van der Waals surface area contributed by atoms with Crippen molar-refractivity contribution in [3.63, 3.8) is 0 Å². The summed E-state index contributed by atoms with van der Waals surface area (Å²) in [6.07, 6.45) is 1.82. The largest absolute Gasteiger partial charge is 0.494 e. The summed E-state index contributed by atoms with van der Waals surface area (Å²) in [5.74, 6) is -0.0536. The van der Waals surface area contributed by atoms with Crippen molar-refractivity contribution in [3.05, 3.63) is 29.6 Å². The van der Waals surface area contributed by atoms with Crippen LogP contribution in [0.2, 0.25) is 0 Å². The summed E-state index contributed by atoms with van der Waals surface area (Å²) in [7, 11) is 5.10. The molecule has 4 heteroatoms. The van der Waals surface area contributed by atoms with Crippen molar-refractivity contribution in [1.82, 2.24) is 5.32 Å². The fraction of sp³-hybridized carbons (Fsp3) is 0.600. The molecule has 1 rings (SSSR count). The molecule has 1 aromatic rings. The van der Waals surface area contributed by atoms with Gasteiger partial charge in [0.2, 0.25) is 0 Å². The maximum atomic E-state index is 13.4. The minimum atomic E-state index is -0.335. The van der Waals surface area contributed by atoms with E-state index in [1.165, 1.54) is 13.2 Å². The van der Waals surface area contributed by atoms with Crippen LogP contribution >= 0.6 is 0 Å². The van der Waals surface area contributed by atoms with Crippen LogP contribution in [0.3, 0.4) is 0 Å². The summed E-state index contributed by atoms with van der Waals surface area (Å²) >= 11 is 0. The van der Waals surface area contributed by atoms with E-state index in [4.69, 9.17) is 9.47 Å². The van der Waals surface area contributed by atoms with E-state index in [-0.39, 0.29) is 23.2 Å². The van der Waals surface area contributed by atoms with Crippen LogP contribution in [-0.2, 0) is 4.74 Å². The second-order valence-corrected chi connectivity index (χ2v) is 5.24. The third-order valence-electron chi connectivity index (χ3n) is 3.51. The molecular weight excluding hydrogens is 245 g/mol. The smallest absolute Gasteiger partial charge is 0.165 e. The Morgan fingerprint density at radius 1 is 1.32 bits per heavy atom. The molecular formula is C15H24FNO2. The molecule has 0 aliphatic rings. The summed E-state index contributed by atoms with van der Waals surface area (Å²) in [5.41, 5.74) is 0.867. The first kappa shape index (κ1) is 15.9. The van der Waals surface area contributed by atoms with Crippen LogP contribution in [0.4, 0.5) is 4.39 Å². The lowest BCUT2D eigenvalue weighted by molar-refractivity contribution is 0.0118. The second kappa shape index (κ2) is 6.87.